The number of hydrogen-bond donors (Lipinski definition) is 0. The first-order chi connectivity index (χ1) is 8.64. The monoisotopic (exact) mass is 296 g/mol. The van der Waals surface area contributed by atoms with Crippen molar-refractivity contribution in [1.82, 2.24) is 0 Å². The topological polar surface area (TPSA) is 80.5 Å². The van der Waals surface area contributed by atoms with Crippen LogP contribution >= 0.6 is 0 Å². The molecule has 104 valence electrons. The molecule has 1 aromatic carbocycles. The highest BCUT2D eigenvalue weighted by atomic mass is 32.2. The lowest BCUT2D eigenvalue weighted by molar-refractivity contribution is -0.384. The molecule has 0 unspecified atom stereocenters. The van der Waals surface area contributed by atoms with E-state index in [9.17, 15) is 31.7 Å². The zero-order valence-electron chi connectivity index (χ0n) is 9.22. The van der Waals surface area contributed by atoms with Gasteiger partial charge in [0.1, 0.15) is 0 Å². The van der Waals surface area contributed by atoms with E-state index in [-0.39, 0.29) is 23.0 Å². The molecule has 1 heterocycles. The minimum absolute atomic E-state index is 0.0860. The van der Waals surface area contributed by atoms with E-state index in [0.717, 1.165) is 12.1 Å². The van der Waals surface area contributed by atoms with Gasteiger partial charge in [0.2, 0.25) is 0 Å². The second kappa shape index (κ2) is 4.08. The number of fused-ring (bicyclic) bond motifs is 1. The van der Waals surface area contributed by atoms with Gasteiger partial charge in [-0.3, -0.25) is 14.4 Å². The Morgan fingerprint density at radius 3 is 2.47 bits per heavy atom. The smallest absolute Gasteiger partial charge is 0.262 e. The third-order valence-electron chi connectivity index (χ3n) is 2.72. The second-order valence-corrected chi connectivity index (χ2v) is 5.70. The van der Waals surface area contributed by atoms with E-state index in [1.807, 2.05) is 0 Å². The van der Waals surface area contributed by atoms with Crippen LogP contribution in [0.3, 0.4) is 0 Å². The van der Waals surface area contributed by atoms with E-state index in [4.69, 9.17) is 0 Å². The van der Waals surface area contributed by atoms with Gasteiger partial charge in [-0.1, -0.05) is 6.07 Å². The molecule has 10 heteroatoms. The molecule has 1 aliphatic rings. The van der Waals surface area contributed by atoms with Crippen molar-refractivity contribution in [2.75, 3.05) is 10.8 Å². The number of benzene rings is 1. The Hall–Kier alpha value is -1.84. The predicted molar refractivity (Wildman–Crippen MR) is 59.1 cm³/mol. The van der Waals surface area contributed by atoms with Crippen LogP contribution in [0.2, 0.25) is 0 Å². The minimum atomic E-state index is -5.52. The predicted octanol–water partition coefficient (Wildman–Crippen LogP) is 1.81. The third kappa shape index (κ3) is 2.11. The first-order valence-corrected chi connectivity index (χ1v) is 6.45. The number of nitrogens with zero attached hydrogens (tertiary/aromatic N) is 2. The van der Waals surface area contributed by atoms with Crippen LogP contribution in [0.1, 0.15) is 5.56 Å². The van der Waals surface area contributed by atoms with Gasteiger partial charge < -0.3 is 0 Å². The molecule has 0 saturated heterocycles. The van der Waals surface area contributed by atoms with Crippen molar-refractivity contribution in [3.8, 4) is 0 Å². The van der Waals surface area contributed by atoms with Crippen LogP contribution in [0.5, 0.6) is 0 Å². The Morgan fingerprint density at radius 1 is 1.32 bits per heavy atom. The van der Waals surface area contributed by atoms with Crippen LogP contribution in [-0.2, 0) is 16.4 Å². The molecule has 2 rings (SSSR count). The Balaban J connectivity index is 2.53. The number of anilines is 1. The van der Waals surface area contributed by atoms with Crippen molar-refractivity contribution in [2.24, 2.45) is 0 Å². The van der Waals surface area contributed by atoms with Gasteiger partial charge in [-0.05, 0) is 12.0 Å². The molecule has 1 aliphatic heterocycles. The lowest BCUT2D eigenvalue weighted by Crippen LogP contribution is -2.39. The number of non-ortho nitro benzene ring substituents is 1. The van der Waals surface area contributed by atoms with Gasteiger partial charge in [-0.25, -0.2) is 0 Å². The van der Waals surface area contributed by atoms with Crippen molar-refractivity contribution < 1.29 is 26.5 Å². The maximum absolute atomic E-state index is 12.5. The quantitative estimate of drug-likeness (QED) is 0.615. The molecule has 0 amide bonds. The van der Waals surface area contributed by atoms with E-state index in [0.29, 0.717) is 5.56 Å². The highest BCUT2D eigenvalue weighted by Crippen LogP contribution is 2.38. The summed E-state index contributed by atoms with van der Waals surface area (Å²) in [7, 11) is -5.52. The number of sulfonamides is 1. The molecule has 0 N–H and O–H groups in total. The Labute approximate surface area is 105 Å². The van der Waals surface area contributed by atoms with E-state index < -0.39 is 26.1 Å². The molecule has 0 bridgehead atoms. The average Bonchev–Trinajstić information content (AvgIpc) is 2.70. The molecule has 0 saturated carbocycles. The van der Waals surface area contributed by atoms with Crippen LogP contribution in [0.15, 0.2) is 18.2 Å². The van der Waals surface area contributed by atoms with E-state index in [2.05, 4.69) is 0 Å². The molecule has 1 aromatic rings. The highest BCUT2D eigenvalue weighted by molar-refractivity contribution is 7.93. The van der Waals surface area contributed by atoms with Gasteiger partial charge in [0.15, 0.2) is 0 Å². The van der Waals surface area contributed by atoms with E-state index in [1.165, 1.54) is 6.07 Å². The first kappa shape index (κ1) is 13.6. The van der Waals surface area contributed by atoms with E-state index in [1.54, 1.807) is 0 Å². The number of hydrogen-bond acceptors (Lipinski definition) is 4. The fraction of sp³-hybridized carbons (Fsp3) is 0.333. The molecule has 0 aromatic heterocycles. The van der Waals surface area contributed by atoms with Crippen LogP contribution < -0.4 is 4.31 Å². The van der Waals surface area contributed by atoms with Crippen molar-refractivity contribution in [3.05, 3.63) is 33.9 Å². The Morgan fingerprint density at radius 2 is 1.95 bits per heavy atom. The van der Waals surface area contributed by atoms with E-state index >= 15 is 0 Å². The standard InChI is InChI=1S/C9H7F3N2O4S/c10-9(11,12)19(17,18)13-4-3-6-1-2-7(14(15)16)5-8(6)13/h1-2,5H,3-4H2. The van der Waals surface area contributed by atoms with Gasteiger partial charge in [0, 0.05) is 18.7 Å². The van der Waals surface area contributed by atoms with Crippen LogP contribution in [0.25, 0.3) is 0 Å². The fourth-order valence-corrected chi connectivity index (χ4v) is 2.84. The zero-order valence-corrected chi connectivity index (χ0v) is 10.0. The SMILES string of the molecule is O=[N+]([O-])c1ccc2c(c1)N(S(=O)(=O)C(F)(F)F)CC2. The third-order valence-corrected chi connectivity index (χ3v) is 4.26. The molecule has 19 heavy (non-hydrogen) atoms. The number of rotatable bonds is 2. The molecule has 6 nitrogen and oxygen atoms in total. The van der Waals surface area contributed by atoms with Crippen LogP contribution in [0, 0.1) is 10.1 Å². The largest absolute Gasteiger partial charge is 0.516 e. The zero-order chi connectivity index (χ0) is 14.4. The summed E-state index contributed by atoms with van der Waals surface area (Å²) in [6, 6.07) is 3.23. The normalized spacial score (nSPS) is 15.4. The Kier molecular flexibility index (Phi) is 2.92. The number of nitro benzene ring substituents is 1. The molecule has 0 spiro atoms. The summed E-state index contributed by atoms with van der Waals surface area (Å²) in [6.07, 6.45) is 0.0860. The molecular weight excluding hydrogens is 289 g/mol. The molecule has 0 radical (unpaired) electrons. The van der Waals surface area contributed by atoms with Gasteiger partial charge in [0.05, 0.1) is 10.6 Å². The number of halogens is 3. The molecule has 0 fully saturated rings. The molecular formula is C9H7F3N2O4S. The summed E-state index contributed by atoms with van der Waals surface area (Å²) in [4.78, 5) is 9.77. The van der Waals surface area contributed by atoms with Crippen LogP contribution in [-0.4, -0.2) is 25.4 Å². The van der Waals surface area contributed by atoms with Crippen molar-refractivity contribution in [2.45, 2.75) is 11.9 Å². The van der Waals surface area contributed by atoms with Gasteiger partial charge in [0.25, 0.3) is 5.69 Å². The lowest BCUT2D eigenvalue weighted by Gasteiger charge is -2.20. The lowest BCUT2D eigenvalue weighted by atomic mass is 10.1. The number of alkyl halides is 3. The van der Waals surface area contributed by atoms with Gasteiger partial charge in [-0.15, -0.1) is 0 Å². The maximum atomic E-state index is 12.5. The van der Waals surface area contributed by atoms with Crippen molar-refractivity contribution >= 4 is 21.4 Å². The summed E-state index contributed by atoms with van der Waals surface area (Å²) in [6.45, 7) is -0.377. The fourth-order valence-electron chi connectivity index (χ4n) is 1.83. The van der Waals surface area contributed by atoms with Crippen LogP contribution in [0.4, 0.5) is 24.5 Å². The average molecular weight is 296 g/mol. The summed E-state index contributed by atoms with van der Waals surface area (Å²) in [5.74, 6) is 0. The molecule has 0 aliphatic carbocycles. The first-order valence-electron chi connectivity index (χ1n) is 5.01. The maximum Gasteiger partial charge on any atom is 0.516 e. The highest BCUT2D eigenvalue weighted by Gasteiger charge is 2.51. The minimum Gasteiger partial charge on any atom is -0.262 e. The molecule has 0 atom stereocenters. The van der Waals surface area contributed by atoms with Gasteiger partial charge in [-0.2, -0.15) is 21.6 Å². The van der Waals surface area contributed by atoms with Gasteiger partial charge >= 0.3 is 15.5 Å². The Bertz CT molecular complexity index is 641. The summed E-state index contributed by atoms with van der Waals surface area (Å²) < 4.78 is 60.2. The summed E-state index contributed by atoms with van der Waals surface area (Å²) in [5.41, 5.74) is -5.84. The van der Waals surface area contributed by atoms with Crippen molar-refractivity contribution in [3.63, 3.8) is 0 Å². The van der Waals surface area contributed by atoms with Crippen molar-refractivity contribution in [1.29, 1.82) is 0 Å². The summed E-state index contributed by atoms with van der Waals surface area (Å²) in [5, 5.41) is 10.6. The summed E-state index contributed by atoms with van der Waals surface area (Å²) >= 11 is 0. The number of nitro groups is 1. The second-order valence-electron chi connectivity index (χ2n) is 3.84.